The molecule has 0 fully saturated rings. The molecule has 2 aromatic heterocycles. The first kappa shape index (κ1) is 13.3. The van der Waals surface area contributed by atoms with Crippen molar-refractivity contribution in [3.05, 3.63) is 23.9 Å². The standard InChI is InChI=1S/C12H12F2N2O3/c1-3-16-8(11(17)18-2)6-7-4-5-9(15-10(7)16)19-12(13)14/h4-6,12H,3H2,1-2H3. The van der Waals surface area contributed by atoms with E-state index in [0.29, 0.717) is 23.3 Å². The summed E-state index contributed by atoms with van der Waals surface area (Å²) in [6.07, 6.45) is 0. The zero-order chi connectivity index (χ0) is 14.0. The van der Waals surface area contributed by atoms with Gasteiger partial charge >= 0.3 is 12.6 Å². The highest BCUT2D eigenvalue weighted by molar-refractivity contribution is 5.94. The number of esters is 1. The van der Waals surface area contributed by atoms with Crippen molar-refractivity contribution in [2.24, 2.45) is 0 Å². The predicted octanol–water partition coefficient (Wildman–Crippen LogP) is 2.44. The highest BCUT2D eigenvalue weighted by Crippen LogP contribution is 2.22. The zero-order valence-corrected chi connectivity index (χ0v) is 10.4. The van der Waals surface area contributed by atoms with E-state index in [1.165, 1.54) is 13.2 Å². The molecule has 0 atom stereocenters. The molecule has 5 nitrogen and oxygen atoms in total. The Hall–Kier alpha value is -2.18. The summed E-state index contributed by atoms with van der Waals surface area (Å²) >= 11 is 0. The van der Waals surface area contributed by atoms with Crippen LogP contribution in [0.15, 0.2) is 18.2 Å². The average Bonchev–Trinajstić information content (AvgIpc) is 2.74. The van der Waals surface area contributed by atoms with Crippen LogP contribution in [0.1, 0.15) is 17.4 Å². The van der Waals surface area contributed by atoms with E-state index in [1.807, 2.05) is 6.92 Å². The number of aromatic nitrogens is 2. The van der Waals surface area contributed by atoms with Gasteiger partial charge in [-0.3, -0.25) is 0 Å². The van der Waals surface area contributed by atoms with Crippen LogP contribution in [-0.2, 0) is 11.3 Å². The van der Waals surface area contributed by atoms with Crippen molar-refractivity contribution >= 4 is 17.0 Å². The van der Waals surface area contributed by atoms with Gasteiger partial charge in [0.2, 0.25) is 5.88 Å². The summed E-state index contributed by atoms with van der Waals surface area (Å²) in [4.78, 5) is 15.6. The van der Waals surface area contributed by atoms with E-state index in [1.54, 1.807) is 16.7 Å². The van der Waals surface area contributed by atoms with E-state index < -0.39 is 12.6 Å². The number of halogens is 2. The summed E-state index contributed by atoms with van der Waals surface area (Å²) in [5.41, 5.74) is 0.725. The van der Waals surface area contributed by atoms with E-state index in [9.17, 15) is 13.6 Å². The number of ether oxygens (including phenoxy) is 2. The molecular formula is C12H12F2N2O3. The van der Waals surface area contributed by atoms with Crippen molar-refractivity contribution in [1.29, 1.82) is 0 Å². The molecule has 0 radical (unpaired) electrons. The van der Waals surface area contributed by atoms with Crippen molar-refractivity contribution in [2.45, 2.75) is 20.1 Å². The minimum Gasteiger partial charge on any atom is -0.464 e. The molecule has 0 aromatic carbocycles. The number of nitrogens with zero attached hydrogens (tertiary/aromatic N) is 2. The number of fused-ring (bicyclic) bond motifs is 1. The highest BCUT2D eigenvalue weighted by Gasteiger charge is 2.17. The molecule has 7 heteroatoms. The number of hydrogen-bond donors (Lipinski definition) is 0. The minimum atomic E-state index is -2.94. The Morgan fingerprint density at radius 3 is 2.79 bits per heavy atom. The zero-order valence-electron chi connectivity index (χ0n) is 10.4. The van der Waals surface area contributed by atoms with Gasteiger partial charge in [0.15, 0.2) is 0 Å². The van der Waals surface area contributed by atoms with Crippen molar-refractivity contribution in [3.8, 4) is 5.88 Å². The lowest BCUT2D eigenvalue weighted by Crippen LogP contribution is -2.10. The maximum Gasteiger partial charge on any atom is 0.388 e. The predicted molar refractivity (Wildman–Crippen MR) is 63.4 cm³/mol. The van der Waals surface area contributed by atoms with Crippen LogP contribution in [0, 0.1) is 0 Å². The second kappa shape index (κ2) is 5.21. The molecule has 0 spiro atoms. The third kappa shape index (κ3) is 2.49. The largest absolute Gasteiger partial charge is 0.464 e. The molecule has 0 saturated heterocycles. The van der Waals surface area contributed by atoms with Crippen LogP contribution >= 0.6 is 0 Å². The van der Waals surface area contributed by atoms with Crippen LogP contribution in [0.2, 0.25) is 0 Å². The summed E-state index contributed by atoms with van der Waals surface area (Å²) in [6.45, 7) is -0.664. The Balaban J connectivity index is 2.54. The Morgan fingerprint density at radius 2 is 2.21 bits per heavy atom. The Morgan fingerprint density at radius 1 is 1.47 bits per heavy atom. The summed E-state index contributed by atoms with van der Waals surface area (Å²) in [5, 5.41) is 0.656. The molecule has 0 saturated carbocycles. The van der Waals surface area contributed by atoms with Crippen LogP contribution in [0.3, 0.4) is 0 Å². The number of carbonyl (C=O) groups excluding carboxylic acids is 1. The third-order valence-corrected chi connectivity index (χ3v) is 2.64. The van der Waals surface area contributed by atoms with Crippen LogP contribution in [0.4, 0.5) is 8.78 Å². The fraction of sp³-hybridized carbons (Fsp3) is 0.333. The van der Waals surface area contributed by atoms with E-state index in [2.05, 4.69) is 14.5 Å². The number of methoxy groups -OCH3 is 1. The van der Waals surface area contributed by atoms with Gasteiger partial charge < -0.3 is 14.0 Å². The summed E-state index contributed by atoms with van der Waals surface area (Å²) in [7, 11) is 1.28. The first-order chi connectivity index (χ1) is 9.06. The fourth-order valence-corrected chi connectivity index (χ4v) is 1.86. The van der Waals surface area contributed by atoms with Gasteiger partial charge in [-0.25, -0.2) is 4.79 Å². The number of alkyl halides is 2. The van der Waals surface area contributed by atoms with Crippen molar-refractivity contribution < 1.29 is 23.0 Å². The van der Waals surface area contributed by atoms with Crippen molar-refractivity contribution in [3.63, 3.8) is 0 Å². The van der Waals surface area contributed by atoms with Gasteiger partial charge in [-0.2, -0.15) is 13.8 Å². The third-order valence-electron chi connectivity index (χ3n) is 2.64. The number of carbonyl (C=O) groups is 1. The van der Waals surface area contributed by atoms with Crippen LogP contribution in [-0.4, -0.2) is 29.2 Å². The molecule has 19 heavy (non-hydrogen) atoms. The fourth-order valence-electron chi connectivity index (χ4n) is 1.86. The summed E-state index contributed by atoms with van der Waals surface area (Å²) in [5.74, 6) is -0.692. The number of rotatable bonds is 4. The minimum absolute atomic E-state index is 0.188. The molecular weight excluding hydrogens is 258 g/mol. The molecule has 2 heterocycles. The number of pyridine rings is 1. The quantitative estimate of drug-likeness (QED) is 0.801. The second-order valence-corrected chi connectivity index (χ2v) is 3.71. The normalized spacial score (nSPS) is 11.0. The Labute approximate surface area is 107 Å². The molecule has 2 rings (SSSR count). The SMILES string of the molecule is CCn1c(C(=O)OC)cc2ccc(OC(F)F)nc21. The number of hydrogen-bond acceptors (Lipinski definition) is 4. The van der Waals surface area contributed by atoms with Gasteiger partial charge in [-0.05, 0) is 19.1 Å². The van der Waals surface area contributed by atoms with Gasteiger partial charge in [0.25, 0.3) is 0 Å². The lowest BCUT2D eigenvalue weighted by atomic mass is 10.3. The maximum absolute atomic E-state index is 12.1. The Bertz CT molecular complexity index is 610. The smallest absolute Gasteiger partial charge is 0.388 e. The molecule has 0 aliphatic carbocycles. The highest BCUT2D eigenvalue weighted by atomic mass is 19.3. The van der Waals surface area contributed by atoms with Gasteiger partial charge in [0, 0.05) is 18.0 Å². The topological polar surface area (TPSA) is 53.4 Å². The lowest BCUT2D eigenvalue weighted by Gasteiger charge is -2.06. The second-order valence-electron chi connectivity index (χ2n) is 3.71. The van der Waals surface area contributed by atoms with Crippen LogP contribution < -0.4 is 4.74 Å². The summed E-state index contributed by atoms with van der Waals surface area (Å²) in [6, 6.07) is 4.50. The van der Waals surface area contributed by atoms with Crippen molar-refractivity contribution in [2.75, 3.05) is 7.11 Å². The van der Waals surface area contributed by atoms with E-state index in [-0.39, 0.29) is 5.88 Å². The van der Waals surface area contributed by atoms with Gasteiger partial charge in [0.05, 0.1) is 7.11 Å². The van der Waals surface area contributed by atoms with E-state index in [0.717, 1.165) is 0 Å². The first-order valence-electron chi connectivity index (χ1n) is 5.60. The molecule has 0 amide bonds. The van der Waals surface area contributed by atoms with E-state index >= 15 is 0 Å². The maximum atomic E-state index is 12.1. The first-order valence-corrected chi connectivity index (χ1v) is 5.60. The van der Waals surface area contributed by atoms with Crippen LogP contribution in [0.25, 0.3) is 11.0 Å². The van der Waals surface area contributed by atoms with E-state index in [4.69, 9.17) is 0 Å². The molecule has 0 unspecified atom stereocenters. The average molecular weight is 270 g/mol. The Kier molecular flexibility index (Phi) is 3.64. The molecule has 102 valence electrons. The monoisotopic (exact) mass is 270 g/mol. The summed E-state index contributed by atoms with van der Waals surface area (Å²) < 4.78 is 34.8. The van der Waals surface area contributed by atoms with Crippen LogP contribution in [0.5, 0.6) is 5.88 Å². The van der Waals surface area contributed by atoms with Gasteiger partial charge in [-0.1, -0.05) is 0 Å². The molecule has 0 aliphatic rings. The lowest BCUT2D eigenvalue weighted by molar-refractivity contribution is -0.0526. The molecule has 0 aliphatic heterocycles. The molecule has 0 bridgehead atoms. The molecule has 0 N–H and O–H groups in total. The molecule has 2 aromatic rings. The van der Waals surface area contributed by atoms with Crippen molar-refractivity contribution in [1.82, 2.24) is 9.55 Å². The number of aryl methyl sites for hydroxylation is 1. The van der Waals surface area contributed by atoms with Gasteiger partial charge in [-0.15, -0.1) is 0 Å². The van der Waals surface area contributed by atoms with Gasteiger partial charge in [0.1, 0.15) is 11.3 Å².